The van der Waals surface area contributed by atoms with Crippen molar-refractivity contribution in [2.75, 3.05) is 11.5 Å². The molecule has 116 valence electrons. The van der Waals surface area contributed by atoms with E-state index in [4.69, 9.17) is 27.8 Å². The van der Waals surface area contributed by atoms with Crippen molar-refractivity contribution in [2.45, 2.75) is 6.61 Å². The lowest BCUT2D eigenvalue weighted by molar-refractivity contribution is 0.0462. The second kappa shape index (κ2) is 6.01. The van der Waals surface area contributed by atoms with Crippen LogP contribution < -0.4 is 11.5 Å². The summed E-state index contributed by atoms with van der Waals surface area (Å²) in [6.45, 7) is -0.160. The Labute approximate surface area is 135 Å². The topological polar surface area (TPSA) is 130 Å². The van der Waals surface area contributed by atoms with E-state index in [1.165, 1.54) is 0 Å². The van der Waals surface area contributed by atoms with Crippen molar-refractivity contribution in [1.82, 2.24) is 19.9 Å². The summed E-state index contributed by atoms with van der Waals surface area (Å²) in [5, 5.41) is 1.16. The number of carbonyl (C=O) groups excluding carboxylic acids is 1. The molecule has 0 bridgehead atoms. The zero-order valence-electron chi connectivity index (χ0n) is 11.7. The van der Waals surface area contributed by atoms with Crippen LogP contribution in [0.5, 0.6) is 0 Å². The van der Waals surface area contributed by atoms with Crippen molar-refractivity contribution in [3.63, 3.8) is 0 Å². The maximum absolute atomic E-state index is 12.1. The number of carbonyl (C=O) groups is 1. The van der Waals surface area contributed by atoms with E-state index in [-0.39, 0.29) is 24.3 Å². The second-order valence-corrected chi connectivity index (χ2v) is 4.97. The van der Waals surface area contributed by atoms with Crippen LogP contribution in [0.15, 0.2) is 30.3 Å². The number of nitrogens with zero attached hydrogens (tertiary/aromatic N) is 4. The maximum atomic E-state index is 12.1. The number of ether oxygens (including phenoxy) is 1. The van der Waals surface area contributed by atoms with Gasteiger partial charge in [0.1, 0.15) is 5.15 Å². The largest absolute Gasteiger partial charge is 0.454 e. The molecule has 1 aromatic carbocycles. The van der Waals surface area contributed by atoms with Gasteiger partial charge in [-0.3, -0.25) is 0 Å². The summed E-state index contributed by atoms with van der Waals surface area (Å²) in [5.41, 5.74) is 12.0. The normalized spacial score (nSPS) is 10.7. The van der Waals surface area contributed by atoms with Crippen molar-refractivity contribution in [2.24, 2.45) is 0 Å². The first-order valence-electron chi connectivity index (χ1n) is 6.50. The fourth-order valence-electron chi connectivity index (χ4n) is 1.96. The minimum absolute atomic E-state index is 0.0304. The van der Waals surface area contributed by atoms with Crippen molar-refractivity contribution >= 4 is 40.4 Å². The van der Waals surface area contributed by atoms with Crippen molar-refractivity contribution in [3.8, 4) is 0 Å². The van der Waals surface area contributed by atoms with Gasteiger partial charge >= 0.3 is 5.97 Å². The minimum Gasteiger partial charge on any atom is -0.454 e. The number of hydrogen-bond donors (Lipinski definition) is 2. The zero-order valence-corrected chi connectivity index (χ0v) is 12.5. The van der Waals surface area contributed by atoms with Crippen LogP contribution in [0.4, 0.5) is 11.9 Å². The number of anilines is 2. The molecule has 3 rings (SSSR count). The van der Waals surface area contributed by atoms with Gasteiger partial charge in [-0.1, -0.05) is 11.6 Å². The van der Waals surface area contributed by atoms with E-state index in [1.807, 2.05) is 0 Å². The molecule has 0 fully saturated rings. The van der Waals surface area contributed by atoms with E-state index < -0.39 is 5.97 Å². The Kier molecular flexibility index (Phi) is 3.90. The number of rotatable bonds is 3. The molecule has 2 aromatic heterocycles. The van der Waals surface area contributed by atoms with Gasteiger partial charge in [0.15, 0.2) is 12.4 Å². The van der Waals surface area contributed by atoms with Crippen LogP contribution in [0.2, 0.25) is 5.15 Å². The van der Waals surface area contributed by atoms with E-state index >= 15 is 0 Å². The van der Waals surface area contributed by atoms with Gasteiger partial charge in [-0.25, -0.2) is 9.78 Å². The Morgan fingerprint density at radius 1 is 1.04 bits per heavy atom. The smallest absolute Gasteiger partial charge is 0.338 e. The van der Waals surface area contributed by atoms with Crippen molar-refractivity contribution in [1.29, 1.82) is 0 Å². The number of nitrogens with two attached hydrogens (primary N) is 2. The lowest BCUT2D eigenvalue weighted by atomic mass is 10.1. The Hall–Kier alpha value is -3.00. The summed E-state index contributed by atoms with van der Waals surface area (Å²) in [7, 11) is 0. The van der Waals surface area contributed by atoms with Gasteiger partial charge in [0.2, 0.25) is 11.9 Å². The van der Waals surface area contributed by atoms with E-state index in [1.54, 1.807) is 30.3 Å². The second-order valence-electron chi connectivity index (χ2n) is 4.59. The highest BCUT2D eigenvalue weighted by atomic mass is 35.5. The maximum Gasteiger partial charge on any atom is 0.338 e. The van der Waals surface area contributed by atoms with Gasteiger partial charge in [0.25, 0.3) is 0 Å². The van der Waals surface area contributed by atoms with Crippen LogP contribution in [0.1, 0.15) is 16.2 Å². The number of esters is 1. The molecule has 2 heterocycles. The number of hydrogen-bond acceptors (Lipinski definition) is 8. The van der Waals surface area contributed by atoms with Crippen LogP contribution in [-0.4, -0.2) is 25.9 Å². The molecule has 0 aliphatic heterocycles. The van der Waals surface area contributed by atoms with E-state index in [0.717, 1.165) is 5.39 Å². The zero-order chi connectivity index (χ0) is 16.4. The molecular formula is C14H11ClN6O2. The molecular weight excluding hydrogens is 320 g/mol. The molecule has 8 nitrogen and oxygen atoms in total. The average Bonchev–Trinajstić information content (AvgIpc) is 2.51. The number of halogens is 1. The Bertz CT molecular complexity index is 881. The molecule has 0 amide bonds. The van der Waals surface area contributed by atoms with Crippen LogP contribution in [0, 0.1) is 0 Å². The summed E-state index contributed by atoms with van der Waals surface area (Å²) < 4.78 is 5.15. The molecule has 0 unspecified atom stereocenters. The van der Waals surface area contributed by atoms with E-state index in [2.05, 4.69) is 19.9 Å². The molecule has 0 saturated carbocycles. The summed E-state index contributed by atoms with van der Waals surface area (Å²) in [6, 6.07) is 8.38. The van der Waals surface area contributed by atoms with Gasteiger partial charge in [-0.15, -0.1) is 0 Å². The summed E-state index contributed by atoms with van der Waals surface area (Å²) in [4.78, 5) is 27.5. The fraction of sp³-hybridized carbons (Fsp3) is 0.0714. The molecule has 0 aliphatic rings. The summed E-state index contributed by atoms with van der Waals surface area (Å²) >= 11 is 5.82. The number of benzene rings is 1. The lowest BCUT2D eigenvalue weighted by Gasteiger charge is -2.06. The van der Waals surface area contributed by atoms with E-state index in [0.29, 0.717) is 16.2 Å². The summed E-state index contributed by atoms with van der Waals surface area (Å²) in [6.07, 6.45) is 0. The first-order valence-corrected chi connectivity index (χ1v) is 6.88. The molecule has 0 aliphatic carbocycles. The average molecular weight is 331 g/mol. The molecule has 23 heavy (non-hydrogen) atoms. The van der Waals surface area contributed by atoms with Crippen molar-refractivity contribution in [3.05, 3.63) is 46.9 Å². The van der Waals surface area contributed by atoms with Gasteiger partial charge in [-0.05, 0) is 30.3 Å². The monoisotopic (exact) mass is 330 g/mol. The number of fused-ring (bicyclic) bond motifs is 1. The van der Waals surface area contributed by atoms with Crippen LogP contribution in [0.3, 0.4) is 0 Å². The van der Waals surface area contributed by atoms with Gasteiger partial charge in [0.05, 0.1) is 11.1 Å². The third-order valence-electron chi connectivity index (χ3n) is 2.94. The predicted molar refractivity (Wildman–Crippen MR) is 84.5 cm³/mol. The van der Waals surface area contributed by atoms with Crippen LogP contribution >= 0.6 is 11.6 Å². The molecule has 0 spiro atoms. The molecule has 3 aromatic rings. The van der Waals surface area contributed by atoms with Gasteiger partial charge < -0.3 is 16.2 Å². The SMILES string of the molecule is Nc1nc(N)nc(COC(=O)c2ccc3nc(Cl)ccc3c2)n1. The molecule has 9 heteroatoms. The highest BCUT2D eigenvalue weighted by Crippen LogP contribution is 2.18. The highest BCUT2D eigenvalue weighted by molar-refractivity contribution is 6.29. The van der Waals surface area contributed by atoms with Gasteiger partial charge in [0, 0.05) is 5.39 Å². The highest BCUT2D eigenvalue weighted by Gasteiger charge is 2.11. The molecule has 0 atom stereocenters. The standard InChI is InChI=1S/C14H11ClN6O2/c15-10-4-2-7-5-8(1-3-9(7)18-10)12(22)23-6-11-19-13(16)21-14(17)20-11/h1-5H,6H2,(H4,16,17,19,20,21). The van der Waals surface area contributed by atoms with E-state index in [9.17, 15) is 4.79 Å². The van der Waals surface area contributed by atoms with Gasteiger partial charge in [-0.2, -0.15) is 15.0 Å². The fourth-order valence-corrected chi connectivity index (χ4v) is 2.12. The minimum atomic E-state index is -0.528. The van der Waals surface area contributed by atoms with Crippen LogP contribution in [0.25, 0.3) is 10.9 Å². The Morgan fingerprint density at radius 3 is 2.52 bits per heavy atom. The summed E-state index contributed by atoms with van der Waals surface area (Å²) in [5.74, 6) is -0.411. The van der Waals surface area contributed by atoms with Crippen molar-refractivity contribution < 1.29 is 9.53 Å². The van der Waals surface area contributed by atoms with Crippen LogP contribution in [-0.2, 0) is 11.3 Å². The third-order valence-corrected chi connectivity index (χ3v) is 3.15. The number of pyridine rings is 1. The Morgan fingerprint density at radius 2 is 1.78 bits per heavy atom. The quantitative estimate of drug-likeness (QED) is 0.547. The molecule has 0 radical (unpaired) electrons. The third kappa shape index (κ3) is 3.43. The molecule has 4 N–H and O–H groups in total. The molecule has 0 saturated heterocycles. The number of aromatic nitrogens is 4. The number of nitrogen functional groups attached to an aromatic ring is 2. The Balaban J connectivity index is 1.76. The predicted octanol–water partition coefficient (Wildman–Crippen LogP) is 1.59. The first-order chi connectivity index (χ1) is 11.0. The first kappa shape index (κ1) is 14.9. The lowest BCUT2D eigenvalue weighted by Crippen LogP contribution is -2.11.